The Morgan fingerprint density at radius 2 is 2.00 bits per heavy atom. The molecular weight excluding hydrogens is 244 g/mol. The van der Waals surface area contributed by atoms with Gasteiger partial charge in [-0.05, 0) is 35.2 Å². The van der Waals surface area contributed by atoms with E-state index in [9.17, 15) is 4.79 Å². The van der Waals surface area contributed by atoms with Crippen LogP contribution in [0.3, 0.4) is 0 Å². The molecular formula is C15H14O2S. The number of fused-ring (bicyclic) bond motifs is 1. The molecule has 0 aliphatic heterocycles. The second-order valence-electron chi connectivity index (χ2n) is 3.68. The van der Waals surface area contributed by atoms with Gasteiger partial charge < -0.3 is 4.74 Å². The Hall–Kier alpha value is -1.74. The molecule has 0 radical (unpaired) electrons. The topological polar surface area (TPSA) is 26.3 Å². The molecule has 0 saturated carbocycles. The number of benzene rings is 2. The van der Waals surface area contributed by atoms with Crippen LogP contribution in [0.4, 0.5) is 0 Å². The van der Waals surface area contributed by atoms with Gasteiger partial charge in [-0.2, -0.15) is 0 Å². The number of carbonyl (C=O) groups is 1. The van der Waals surface area contributed by atoms with E-state index in [2.05, 4.69) is 24.3 Å². The third-order valence-corrected chi connectivity index (χ3v) is 3.21. The molecule has 0 spiro atoms. The Morgan fingerprint density at radius 1 is 1.22 bits per heavy atom. The molecule has 0 amide bonds. The first-order valence-electron chi connectivity index (χ1n) is 5.78. The third-order valence-electron chi connectivity index (χ3n) is 2.42. The second-order valence-corrected chi connectivity index (χ2v) is 4.66. The Labute approximate surface area is 111 Å². The summed E-state index contributed by atoms with van der Waals surface area (Å²) in [5.41, 5.74) is 0. The van der Waals surface area contributed by atoms with Crippen LogP contribution in [0, 0.1) is 0 Å². The van der Waals surface area contributed by atoms with Crippen molar-refractivity contribution in [3.8, 4) is 0 Å². The Kier molecular flexibility index (Phi) is 4.42. The molecule has 2 aromatic carbocycles. The highest BCUT2D eigenvalue weighted by Gasteiger charge is 1.96. The van der Waals surface area contributed by atoms with E-state index >= 15 is 0 Å². The van der Waals surface area contributed by atoms with E-state index < -0.39 is 0 Å². The molecule has 2 nitrogen and oxygen atoms in total. The van der Waals surface area contributed by atoms with Crippen LogP contribution in [0.2, 0.25) is 0 Å². The van der Waals surface area contributed by atoms with Crippen molar-refractivity contribution in [1.29, 1.82) is 0 Å². The van der Waals surface area contributed by atoms with Crippen molar-refractivity contribution in [3.63, 3.8) is 0 Å². The maximum absolute atomic E-state index is 11.1. The second kappa shape index (κ2) is 6.26. The highest BCUT2D eigenvalue weighted by Crippen LogP contribution is 2.24. The first kappa shape index (κ1) is 12.7. The summed E-state index contributed by atoms with van der Waals surface area (Å²) < 4.78 is 4.81. The molecule has 3 heteroatoms. The van der Waals surface area contributed by atoms with Crippen molar-refractivity contribution in [2.24, 2.45) is 0 Å². The Morgan fingerprint density at radius 3 is 2.78 bits per heavy atom. The van der Waals surface area contributed by atoms with Gasteiger partial charge in [0.15, 0.2) is 0 Å². The molecule has 92 valence electrons. The van der Waals surface area contributed by atoms with E-state index in [1.807, 2.05) is 18.2 Å². The fourth-order valence-corrected chi connectivity index (χ4v) is 2.28. The van der Waals surface area contributed by atoms with Gasteiger partial charge in [-0.15, -0.1) is 0 Å². The highest BCUT2D eigenvalue weighted by atomic mass is 32.2. The first-order valence-corrected chi connectivity index (χ1v) is 6.66. The molecule has 0 atom stereocenters. The molecule has 0 fully saturated rings. The van der Waals surface area contributed by atoms with Crippen LogP contribution in [-0.2, 0) is 9.53 Å². The number of hydrogen-bond acceptors (Lipinski definition) is 3. The Balaban J connectivity index is 2.06. The largest absolute Gasteiger partial charge is 0.463 e. The lowest BCUT2D eigenvalue weighted by Crippen LogP contribution is -1.98. The minimum atomic E-state index is -0.300. The van der Waals surface area contributed by atoms with Gasteiger partial charge in [-0.1, -0.05) is 42.1 Å². The molecule has 0 unspecified atom stereocenters. The highest BCUT2D eigenvalue weighted by molar-refractivity contribution is 8.02. The van der Waals surface area contributed by atoms with Crippen molar-refractivity contribution in [3.05, 3.63) is 53.9 Å². The molecule has 0 bridgehead atoms. The van der Waals surface area contributed by atoms with Crippen LogP contribution in [0.25, 0.3) is 10.8 Å². The number of thioether (sulfide) groups is 1. The van der Waals surface area contributed by atoms with E-state index in [1.54, 1.807) is 12.3 Å². The number of ether oxygens (including phenoxy) is 1. The quantitative estimate of drug-likeness (QED) is 0.471. The van der Waals surface area contributed by atoms with Crippen LogP contribution in [-0.4, -0.2) is 12.6 Å². The summed E-state index contributed by atoms with van der Waals surface area (Å²) in [6.07, 6.45) is 1.45. The fourth-order valence-electron chi connectivity index (χ4n) is 1.60. The number of carbonyl (C=O) groups excluding carboxylic acids is 1. The average molecular weight is 258 g/mol. The van der Waals surface area contributed by atoms with Crippen LogP contribution >= 0.6 is 11.8 Å². The molecule has 0 aliphatic rings. The summed E-state index contributed by atoms with van der Waals surface area (Å²) in [5, 5.41) is 4.17. The zero-order chi connectivity index (χ0) is 12.8. The summed E-state index contributed by atoms with van der Waals surface area (Å²) in [6, 6.07) is 14.4. The monoisotopic (exact) mass is 258 g/mol. The van der Waals surface area contributed by atoms with Gasteiger partial charge in [0, 0.05) is 11.0 Å². The Bertz CT molecular complexity index is 575. The van der Waals surface area contributed by atoms with Crippen LogP contribution < -0.4 is 0 Å². The lowest BCUT2D eigenvalue weighted by Gasteiger charge is -2.00. The van der Waals surface area contributed by atoms with E-state index in [0.717, 1.165) is 4.90 Å². The molecule has 0 aromatic heterocycles. The molecule has 2 rings (SSSR count). The summed E-state index contributed by atoms with van der Waals surface area (Å²) in [5.74, 6) is -0.300. The lowest BCUT2D eigenvalue weighted by molar-refractivity contribution is -0.137. The maximum atomic E-state index is 11.1. The predicted molar refractivity (Wildman–Crippen MR) is 75.6 cm³/mol. The molecule has 0 aliphatic carbocycles. The molecule has 0 heterocycles. The minimum absolute atomic E-state index is 0.300. The van der Waals surface area contributed by atoms with Crippen LogP contribution in [0.1, 0.15) is 6.92 Å². The zero-order valence-electron chi connectivity index (χ0n) is 10.1. The fraction of sp³-hybridized carbons (Fsp3) is 0.133. The normalized spacial score (nSPS) is 10.9. The van der Waals surface area contributed by atoms with E-state index in [0.29, 0.717) is 6.61 Å². The summed E-state index contributed by atoms with van der Waals surface area (Å²) in [6.45, 7) is 2.20. The molecule has 18 heavy (non-hydrogen) atoms. The first-order chi connectivity index (χ1) is 8.79. The SMILES string of the molecule is CCOC(=O)/C=C/Sc1ccc2ccccc2c1. The maximum Gasteiger partial charge on any atom is 0.331 e. The zero-order valence-corrected chi connectivity index (χ0v) is 10.9. The van der Waals surface area contributed by atoms with Gasteiger partial charge in [0.05, 0.1) is 6.61 Å². The van der Waals surface area contributed by atoms with E-state index in [4.69, 9.17) is 4.74 Å². The number of esters is 1. The van der Waals surface area contributed by atoms with Gasteiger partial charge in [-0.3, -0.25) is 0 Å². The van der Waals surface area contributed by atoms with Gasteiger partial charge in [0.1, 0.15) is 0 Å². The lowest BCUT2D eigenvalue weighted by atomic mass is 10.1. The summed E-state index contributed by atoms with van der Waals surface area (Å²) in [7, 11) is 0. The van der Waals surface area contributed by atoms with Gasteiger partial charge in [0.25, 0.3) is 0 Å². The smallest absolute Gasteiger partial charge is 0.331 e. The summed E-state index contributed by atoms with van der Waals surface area (Å²) in [4.78, 5) is 12.2. The van der Waals surface area contributed by atoms with Crippen molar-refractivity contribution in [2.45, 2.75) is 11.8 Å². The standard InChI is InChI=1S/C15H14O2S/c1-2-17-15(16)9-10-18-14-8-7-12-5-3-4-6-13(12)11-14/h3-11H,2H2,1H3/b10-9+. The third kappa shape index (κ3) is 3.37. The number of hydrogen-bond donors (Lipinski definition) is 0. The van der Waals surface area contributed by atoms with Gasteiger partial charge in [-0.25, -0.2) is 4.79 Å². The molecule has 0 N–H and O–H groups in total. The average Bonchev–Trinajstić information content (AvgIpc) is 2.39. The van der Waals surface area contributed by atoms with Gasteiger partial charge >= 0.3 is 5.97 Å². The van der Waals surface area contributed by atoms with Crippen molar-refractivity contribution in [1.82, 2.24) is 0 Å². The van der Waals surface area contributed by atoms with Crippen LogP contribution in [0.5, 0.6) is 0 Å². The van der Waals surface area contributed by atoms with Crippen LogP contribution in [0.15, 0.2) is 58.8 Å². The number of rotatable bonds is 4. The van der Waals surface area contributed by atoms with E-state index in [1.165, 1.54) is 28.6 Å². The van der Waals surface area contributed by atoms with Gasteiger partial charge in [0.2, 0.25) is 0 Å². The predicted octanol–water partition coefficient (Wildman–Crippen LogP) is 4.01. The minimum Gasteiger partial charge on any atom is -0.463 e. The molecule has 2 aromatic rings. The molecule has 0 saturated heterocycles. The van der Waals surface area contributed by atoms with Crippen molar-refractivity contribution >= 4 is 28.5 Å². The van der Waals surface area contributed by atoms with E-state index in [-0.39, 0.29) is 5.97 Å². The van der Waals surface area contributed by atoms with Crippen molar-refractivity contribution in [2.75, 3.05) is 6.61 Å². The van der Waals surface area contributed by atoms with Crippen molar-refractivity contribution < 1.29 is 9.53 Å². The summed E-state index contributed by atoms with van der Waals surface area (Å²) >= 11 is 1.51.